The van der Waals surface area contributed by atoms with Crippen molar-refractivity contribution in [3.63, 3.8) is 0 Å². The van der Waals surface area contributed by atoms with Crippen LogP contribution in [-0.4, -0.2) is 42.4 Å². The molecule has 0 aliphatic carbocycles. The molecule has 0 bridgehead atoms. The first-order valence-corrected chi connectivity index (χ1v) is 7.44. The Morgan fingerprint density at radius 2 is 2.29 bits per heavy atom. The molecule has 0 aromatic carbocycles. The Bertz CT molecular complexity index is 501. The normalized spacial score (nSPS) is 24.6. The molecule has 1 fully saturated rings. The largest absolute Gasteiger partial charge is 0.384 e. The number of nitrogens with two attached hydrogens (primary N) is 1. The van der Waals surface area contributed by atoms with E-state index in [1.165, 1.54) is 0 Å². The van der Waals surface area contributed by atoms with Crippen molar-refractivity contribution >= 4 is 15.7 Å². The topological polar surface area (TPSA) is 76.3 Å². The van der Waals surface area contributed by atoms with Crippen LogP contribution >= 0.6 is 0 Å². The highest BCUT2D eigenvalue weighted by Gasteiger charge is 2.28. The van der Waals surface area contributed by atoms with Crippen LogP contribution in [0.2, 0.25) is 0 Å². The summed E-state index contributed by atoms with van der Waals surface area (Å²) in [5, 5.41) is 0. The Kier molecular flexibility index (Phi) is 3.35. The third-order valence-electron chi connectivity index (χ3n) is 3.00. The summed E-state index contributed by atoms with van der Waals surface area (Å²) < 4.78 is 22.9. The van der Waals surface area contributed by atoms with E-state index in [-0.39, 0.29) is 17.5 Å². The highest BCUT2D eigenvalue weighted by Crippen LogP contribution is 2.14. The molecule has 1 unspecified atom stereocenters. The lowest BCUT2D eigenvalue weighted by molar-refractivity contribution is 0.215. The van der Waals surface area contributed by atoms with E-state index in [0.29, 0.717) is 18.9 Å². The Morgan fingerprint density at radius 3 is 2.94 bits per heavy atom. The summed E-state index contributed by atoms with van der Waals surface area (Å²) in [5.74, 6) is 0.967. The van der Waals surface area contributed by atoms with Crippen LogP contribution in [0.3, 0.4) is 0 Å². The molecule has 0 saturated carbocycles. The van der Waals surface area contributed by atoms with Crippen molar-refractivity contribution in [3.05, 3.63) is 23.9 Å². The first-order valence-electron chi connectivity index (χ1n) is 5.62. The maximum Gasteiger partial charge on any atom is 0.153 e. The van der Waals surface area contributed by atoms with Gasteiger partial charge in [0.1, 0.15) is 5.82 Å². The number of anilines is 1. The lowest BCUT2D eigenvalue weighted by atomic mass is 10.2. The third-order valence-corrected chi connectivity index (χ3v) is 4.80. The minimum atomic E-state index is -2.85. The van der Waals surface area contributed by atoms with E-state index < -0.39 is 9.84 Å². The van der Waals surface area contributed by atoms with Gasteiger partial charge >= 0.3 is 0 Å². The Hall–Kier alpha value is -1.14. The van der Waals surface area contributed by atoms with Crippen LogP contribution in [0.1, 0.15) is 12.6 Å². The molecule has 2 heterocycles. The van der Waals surface area contributed by atoms with Crippen LogP contribution in [-0.2, 0) is 16.4 Å². The molecule has 1 aliphatic heterocycles. The van der Waals surface area contributed by atoms with Crippen LogP contribution in [0, 0.1) is 0 Å². The predicted molar refractivity (Wildman–Crippen MR) is 67.2 cm³/mol. The Labute approximate surface area is 102 Å². The predicted octanol–water partition coefficient (Wildman–Crippen LogP) is 0.283. The van der Waals surface area contributed by atoms with Gasteiger partial charge in [-0.1, -0.05) is 6.07 Å². The first kappa shape index (κ1) is 12.3. The lowest BCUT2D eigenvalue weighted by Gasteiger charge is -2.32. The van der Waals surface area contributed by atoms with Crippen molar-refractivity contribution in [1.82, 2.24) is 9.88 Å². The summed E-state index contributed by atoms with van der Waals surface area (Å²) in [4.78, 5) is 6.35. The summed E-state index contributed by atoms with van der Waals surface area (Å²) >= 11 is 0. The zero-order valence-electron chi connectivity index (χ0n) is 9.83. The fraction of sp³-hybridized carbons (Fsp3) is 0.545. The molecular formula is C11H17N3O2S. The van der Waals surface area contributed by atoms with Gasteiger partial charge in [-0.3, -0.25) is 4.90 Å². The van der Waals surface area contributed by atoms with E-state index >= 15 is 0 Å². The van der Waals surface area contributed by atoms with Gasteiger partial charge in [-0.25, -0.2) is 13.4 Å². The zero-order chi connectivity index (χ0) is 12.5. The van der Waals surface area contributed by atoms with Crippen molar-refractivity contribution in [2.45, 2.75) is 19.5 Å². The standard InChI is InChI=1S/C11H17N3O2S/c1-9-8-17(15,16)6-5-14(9)7-10-3-2-4-11(12)13-10/h2-4,9H,5-8H2,1H3,(H2,12,13). The van der Waals surface area contributed by atoms with Crippen molar-refractivity contribution in [3.8, 4) is 0 Å². The van der Waals surface area contributed by atoms with Crippen molar-refractivity contribution in [2.24, 2.45) is 0 Å². The highest BCUT2D eigenvalue weighted by atomic mass is 32.2. The summed E-state index contributed by atoms with van der Waals surface area (Å²) in [5.41, 5.74) is 6.50. The lowest BCUT2D eigenvalue weighted by Crippen LogP contribution is -2.46. The van der Waals surface area contributed by atoms with Crippen molar-refractivity contribution < 1.29 is 8.42 Å². The summed E-state index contributed by atoms with van der Waals surface area (Å²) in [6.07, 6.45) is 0. The number of rotatable bonds is 2. The number of nitrogen functional groups attached to an aromatic ring is 1. The highest BCUT2D eigenvalue weighted by molar-refractivity contribution is 7.91. The second-order valence-electron chi connectivity index (χ2n) is 4.49. The smallest absolute Gasteiger partial charge is 0.153 e. The van der Waals surface area contributed by atoms with Crippen LogP contribution in [0.25, 0.3) is 0 Å². The molecule has 0 spiro atoms. The van der Waals surface area contributed by atoms with E-state index in [2.05, 4.69) is 9.88 Å². The quantitative estimate of drug-likeness (QED) is 0.821. The van der Waals surface area contributed by atoms with E-state index in [9.17, 15) is 8.42 Å². The molecular weight excluding hydrogens is 238 g/mol. The van der Waals surface area contributed by atoms with Gasteiger partial charge in [-0.05, 0) is 19.1 Å². The molecule has 0 radical (unpaired) electrons. The fourth-order valence-corrected chi connectivity index (χ4v) is 3.69. The monoisotopic (exact) mass is 255 g/mol. The number of pyridine rings is 1. The number of hydrogen-bond donors (Lipinski definition) is 1. The Morgan fingerprint density at radius 1 is 1.53 bits per heavy atom. The van der Waals surface area contributed by atoms with Gasteiger partial charge in [0, 0.05) is 19.1 Å². The van der Waals surface area contributed by atoms with Gasteiger partial charge in [-0.2, -0.15) is 0 Å². The molecule has 94 valence electrons. The second-order valence-corrected chi connectivity index (χ2v) is 6.72. The molecule has 6 heteroatoms. The molecule has 5 nitrogen and oxygen atoms in total. The SMILES string of the molecule is CC1CS(=O)(=O)CCN1Cc1cccc(N)n1. The van der Waals surface area contributed by atoms with Crippen LogP contribution in [0.4, 0.5) is 5.82 Å². The summed E-state index contributed by atoms with van der Waals surface area (Å²) in [7, 11) is -2.85. The van der Waals surface area contributed by atoms with Crippen LogP contribution < -0.4 is 5.73 Å². The molecule has 0 amide bonds. The first-order chi connectivity index (χ1) is 7.96. The van der Waals surface area contributed by atoms with E-state index in [1.54, 1.807) is 6.07 Å². The van der Waals surface area contributed by atoms with E-state index in [1.807, 2.05) is 19.1 Å². The fourth-order valence-electron chi connectivity index (χ4n) is 2.06. The molecule has 1 aromatic heterocycles. The zero-order valence-corrected chi connectivity index (χ0v) is 10.7. The summed E-state index contributed by atoms with van der Waals surface area (Å²) in [6.45, 7) is 3.16. The van der Waals surface area contributed by atoms with Crippen molar-refractivity contribution in [2.75, 3.05) is 23.8 Å². The molecule has 1 aliphatic rings. The molecule has 17 heavy (non-hydrogen) atoms. The molecule has 1 atom stereocenters. The third kappa shape index (κ3) is 3.17. The van der Waals surface area contributed by atoms with Gasteiger partial charge in [0.25, 0.3) is 0 Å². The van der Waals surface area contributed by atoms with Gasteiger partial charge in [0.2, 0.25) is 0 Å². The minimum absolute atomic E-state index is 0.0389. The minimum Gasteiger partial charge on any atom is -0.384 e. The summed E-state index contributed by atoms with van der Waals surface area (Å²) in [6, 6.07) is 5.56. The van der Waals surface area contributed by atoms with Gasteiger partial charge in [0.05, 0.1) is 17.2 Å². The van der Waals surface area contributed by atoms with Gasteiger partial charge in [-0.15, -0.1) is 0 Å². The van der Waals surface area contributed by atoms with Gasteiger partial charge < -0.3 is 5.73 Å². The number of nitrogens with zero attached hydrogens (tertiary/aromatic N) is 2. The molecule has 1 saturated heterocycles. The number of aromatic nitrogens is 1. The maximum absolute atomic E-state index is 11.5. The number of hydrogen-bond acceptors (Lipinski definition) is 5. The second kappa shape index (κ2) is 4.62. The molecule has 1 aromatic rings. The van der Waals surface area contributed by atoms with E-state index in [0.717, 1.165) is 5.69 Å². The molecule has 2 N–H and O–H groups in total. The number of sulfone groups is 1. The van der Waals surface area contributed by atoms with Gasteiger partial charge in [0.15, 0.2) is 9.84 Å². The molecule has 2 rings (SSSR count). The van der Waals surface area contributed by atoms with Crippen molar-refractivity contribution in [1.29, 1.82) is 0 Å². The van der Waals surface area contributed by atoms with E-state index in [4.69, 9.17) is 5.73 Å². The Balaban J connectivity index is 2.05. The average molecular weight is 255 g/mol. The van der Waals surface area contributed by atoms with Crippen LogP contribution in [0.5, 0.6) is 0 Å². The van der Waals surface area contributed by atoms with Crippen LogP contribution in [0.15, 0.2) is 18.2 Å². The maximum atomic E-state index is 11.5. The average Bonchev–Trinajstić information content (AvgIpc) is 2.22.